The number of hydrogen-bond donors (Lipinski definition) is 0. The molecule has 0 aromatic carbocycles. The molecule has 1 unspecified atom stereocenters. The van der Waals surface area contributed by atoms with Gasteiger partial charge < -0.3 is 14.2 Å². The quantitative estimate of drug-likeness (QED) is 0.0349. The van der Waals surface area contributed by atoms with Crippen LogP contribution in [0.25, 0.3) is 0 Å². The molecule has 0 aromatic heterocycles. The predicted molar refractivity (Wildman–Crippen MR) is 229 cm³/mol. The highest BCUT2D eigenvalue weighted by Gasteiger charge is 2.19. The number of hydrogen-bond acceptors (Lipinski definition) is 6. The topological polar surface area (TPSA) is 78.9 Å². The van der Waals surface area contributed by atoms with Gasteiger partial charge in [0.1, 0.15) is 13.2 Å². The summed E-state index contributed by atoms with van der Waals surface area (Å²) in [6.45, 7) is 8.96. The Morgan fingerprint density at radius 1 is 0.370 bits per heavy atom. The molecule has 0 aliphatic carbocycles. The van der Waals surface area contributed by atoms with E-state index in [2.05, 4.69) is 27.7 Å². The van der Waals surface area contributed by atoms with Gasteiger partial charge in [-0.1, -0.05) is 227 Å². The van der Waals surface area contributed by atoms with Crippen LogP contribution in [0.2, 0.25) is 0 Å². The van der Waals surface area contributed by atoms with Crippen molar-refractivity contribution in [3.05, 3.63) is 0 Å². The van der Waals surface area contributed by atoms with Gasteiger partial charge in [0, 0.05) is 19.3 Å². The van der Waals surface area contributed by atoms with Crippen LogP contribution in [-0.4, -0.2) is 37.2 Å². The van der Waals surface area contributed by atoms with Gasteiger partial charge in [-0.3, -0.25) is 14.4 Å². The number of esters is 3. The van der Waals surface area contributed by atoms with Crippen molar-refractivity contribution >= 4 is 17.9 Å². The lowest BCUT2D eigenvalue weighted by Gasteiger charge is -2.18. The Morgan fingerprint density at radius 3 is 0.963 bits per heavy atom. The third kappa shape index (κ3) is 40.1. The monoisotopic (exact) mass is 765 g/mol. The molecule has 0 rings (SSSR count). The van der Waals surface area contributed by atoms with Crippen LogP contribution < -0.4 is 0 Å². The van der Waals surface area contributed by atoms with Gasteiger partial charge in [0.2, 0.25) is 0 Å². The van der Waals surface area contributed by atoms with Crippen LogP contribution in [0.15, 0.2) is 0 Å². The zero-order chi connectivity index (χ0) is 39.6. The average Bonchev–Trinajstić information content (AvgIpc) is 3.17. The maximum atomic E-state index is 12.7. The molecule has 320 valence electrons. The van der Waals surface area contributed by atoms with Crippen LogP contribution in [-0.2, 0) is 28.6 Å². The van der Waals surface area contributed by atoms with Gasteiger partial charge in [0.25, 0.3) is 0 Å². The summed E-state index contributed by atoms with van der Waals surface area (Å²) in [4.78, 5) is 37.7. The third-order valence-electron chi connectivity index (χ3n) is 11.2. The number of rotatable bonds is 43. The van der Waals surface area contributed by atoms with Gasteiger partial charge in [-0.25, -0.2) is 0 Å². The van der Waals surface area contributed by atoms with E-state index in [1.807, 2.05) is 0 Å². The SMILES string of the molecule is CCCCCCCCCCCCCCCCCCCC(=O)O[C@H](COC(=O)CCCCCCCCCCC)COC(=O)CCCCCCCCC(C)CC. The largest absolute Gasteiger partial charge is 0.462 e. The molecule has 0 aliphatic rings. The van der Waals surface area contributed by atoms with Crippen molar-refractivity contribution in [1.82, 2.24) is 0 Å². The molecular formula is C48H92O6. The first-order chi connectivity index (χ1) is 26.4. The first kappa shape index (κ1) is 52.4. The average molecular weight is 765 g/mol. The van der Waals surface area contributed by atoms with E-state index in [1.165, 1.54) is 161 Å². The Bertz CT molecular complexity index is 813. The van der Waals surface area contributed by atoms with Crippen molar-refractivity contribution in [2.75, 3.05) is 13.2 Å². The summed E-state index contributed by atoms with van der Waals surface area (Å²) in [5, 5.41) is 0. The van der Waals surface area contributed by atoms with Crippen molar-refractivity contribution in [2.24, 2.45) is 5.92 Å². The smallest absolute Gasteiger partial charge is 0.306 e. The van der Waals surface area contributed by atoms with E-state index in [9.17, 15) is 14.4 Å². The van der Waals surface area contributed by atoms with E-state index in [4.69, 9.17) is 14.2 Å². The molecule has 0 aromatic rings. The van der Waals surface area contributed by atoms with Crippen molar-refractivity contribution in [3.63, 3.8) is 0 Å². The molecule has 0 fully saturated rings. The number of ether oxygens (including phenoxy) is 3. The maximum absolute atomic E-state index is 12.7. The van der Waals surface area contributed by atoms with Crippen LogP contribution >= 0.6 is 0 Å². The highest BCUT2D eigenvalue weighted by molar-refractivity contribution is 5.71. The van der Waals surface area contributed by atoms with Crippen molar-refractivity contribution in [2.45, 2.75) is 271 Å². The third-order valence-corrected chi connectivity index (χ3v) is 11.2. The predicted octanol–water partition coefficient (Wildman–Crippen LogP) is 15.1. The molecular weight excluding hydrogens is 673 g/mol. The lowest BCUT2D eigenvalue weighted by atomic mass is 10.00. The van der Waals surface area contributed by atoms with Gasteiger partial charge in [0.05, 0.1) is 0 Å². The zero-order valence-electron chi connectivity index (χ0n) is 36.7. The number of carbonyl (C=O) groups is 3. The minimum atomic E-state index is -0.759. The molecule has 0 N–H and O–H groups in total. The van der Waals surface area contributed by atoms with Gasteiger partial charge in [-0.05, 0) is 25.2 Å². The molecule has 0 saturated heterocycles. The molecule has 0 aliphatic heterocycles. The second kappa shape index (κ2) is 42.6. The normalized spacial score (nSPS) is 12.4. The van der Waals surface area contributed by atoms with Crippen molar-refractivity contribution in [3.8, 4) is 0 Å². The van der Waals surface area contributed by atoms with Crippen LogP contribution in [0.1, 0.15) is 265 Å². The van der Waals surface area contributed by atoms with Gasteiger partial charge in [-0.2, -0.15) is 0 Å². The summed E-state index contributed by atoms with van der Waals surface area (Å²) in [5.74, 6) is -0.0419. The van der Waals surface area contributed by atoms with E-state index in [0.717, 1.165) is 63.7 Å². The fraction of sp³-hybridized carbons (Fsp3) is 0.938. The molecule has 0 spiro atoms. The van der Waals surface area contributed by atoms with Gasteiger partial charge >= 0.3 is 17.9 Å². The molecule has 6 nitrogen and oxygen atoms in total. The van der Waals surface area contributed by atoms with E-state index in [-0.39, 0.29) is 31.1 Å². The van der Waals surface area contributed by atoms with E-state index < -0.39 is 6.10 Å². The standard InChI is InChI=1S/C48H92O6/c1-5-8-10-12-14-16-17-18-19-20-21-22-23-25-27-33-37-41-48(51)54-45(42-52-46(49)39-35-31-26-24-15-13-11-9-6-2)43-53-47(50)40-36-32-29-28-30-34-38-44(4)7-3/h44-45H,5-43H2,1-4H3/t44?,45-/m1/s1. The molecule has 0 heterocycles. The van der Waals surface area contributed by atoms with Crippen LogP contribution in [0, 0.1) is 5.92 Å². The molecule has 6 heteroatoms. The summed E-state index contributed by atoms with van der Waals surface area (Å²) in [5.41, 5.74) is 0. The molecule has 0 amide bonds. The minimum Gasteiger partial charge on any atom is -0.462 e. The van der Waals surface area contributed by atoms with Gasteiger partial charge in [-0.15, -0.1) is 0 Å². The molecule has 0 saturated carbocycles. The molecule has 54 heavy (non-hydrogen) atoms. The number of carbonyl (C=O) groups excluding carboxylic acids is 3. The molecule has 0 radical (unpaired) electrons. The Morgan fingerprint density at radius 2 is 0.648 bits per heavy atom. The first-order valence-electron chi connectivity index (χ1n) is 23.9. The Hall–Kier alpha value is -1.59. The lowest BCUT2D eigenvalue weighted by Crippen LogP contribution is -2.30. The summed E-state index contributed by atoms with van der Waals surface area (Å²) in [6.07, 6.45) is 42.3. The van der Waals surface area contributed by atoms with Gasteiger partial charge in [0.15, 0.2) is 6.10 Å². The Labute approximate surface area is 336 Å². The lowest BCUT2D eigenvalue weighted by molar-refractivity contribution is -0.167. The fourth-order valence-corrected chi connectivity index (χ4v) is 7.12. The highest BCUT2D eigenvalue weighted by atomic mass is 16.6. The summed E-state index contributed by atoms with van der Waals surface area (Å²) >= 11 is 0. The zero-order valence-corrected chi connectivity index (χ0v) is 36.7. The summed E-state index contributed by atoms with van der Waals surface area (Å²) < 4.78 is 16.7. The molecule has 0 bridgehead atoms. The second-order valence-corrected chi connectivity index (χ2v) is 16.6. The summed E-state index contributed by atoms with van der Waals surface area (Å²) in [6, 6.07) is 0. The van der Waals surface area contributed by atoms with E-state index in [0.29, 0.717) is 19.3 Å². The maximum Gasteiger partial charge on any atom is 0.306 e. The number of unbranched alkanes of at least 4 members (excludes halogenated alkanes) is 29. The van der Waals surface area contributed by atoms with Crippen molar-refractivity contribution < 1.29 is 28.6 Å². The van der Waals surface area contributed by atoms with E-state index in [1.54, 1.807) is 0 Å². The van der Waals surface area contributed by atoms with Crippen LogP contribution in [0.3, 0.4) is 0 Å². The Balaban J connectivity index is 4.27. The second-order valence-electron chi connectivity index (χ2n) is 16.6. The highest BCUT2D eigenvalue weighted by Crippen LogP contribution is 2.17. The fourth-order valence-electron chi connectivity index (χ4n) is 7.12. The summed E-state index contributed by atoms with van der Waals surface area (Å²) in [7, 11) is 0. The molecule has 2 atom stereocenters. The first-order valence-corrected chi connectivity index (χ1v) is 23.9. The van der Waals surface area contributed by atoms with E-state index >= 15 is 0 Å². The van der Waals surface area contributed by atoms with Crippen LogP contribution in [0.5, 0.6) is 0 Å². The van der Waals surface area contributed by atoms with Crippen LogP contribution in [0.4, 0.5) is 0 Å². The minimum absolute atomic E-state index is 0.0645. The van der Waals surface area contributed by atoms with Crippen molar-refractivity contribution in [1.29, 1.82) is 0 Å². The Kier molecular flexibility index (Phi) is 41.3.